The minimum absolute atomic E-state index is 0.168. The Kier molecular flexibility index (Phi) is 6.22. The van der Waals surface area contributed by atoms with E-state index >= 15 is 0 Å². The molecule has 0 aliphatic heterocycles. The van der Waals surface area contributed by atoms with Crippen molar-refractivity contribution in [3.05, 3.63) is 18.2 Å². The van der Waals surface area contributed by atoms with E-state index in [1.165, 1.54) is 0 Å². The molecule has 1 aromatic rings. The molecule has 0 bridgehead atoms. The van der Waals surface area contributed by atoms with Crippen LogP contribution in [-0.4, -0.2) is 29.8 Å². The highest BCUT2D eigenvalue weighted by atomic mass is 16.5. The van der Waals surface area contributed by atoms with Crippen molar-refractivity contribution < 1.29 is 4.74 Å². The summed E-state index contributed by atoms with van der Waals surface area (Å²) < 4.78 is 7.80. The topological polar surface area (TPSA) is 39.1 Å². The molecule has 1 rings (SSSR count). The summed E-state index contributed by atoms with van der Waals surface area (Å²) in [5.74, 6) is 1.08. The zero-order chi connectivity index (χ0) is 12.7. The number of rotatable bonds is 8. The highest BCUT2D eigenvalue weighted by molar-refractivity contribution is 5.02. The molecule has 1 aromatic heterocycles. The average Bonchev–Trinajstić information content (AvgIpc) is 2.78. The quantitative estimate of drug-likeness (QED) is 0.757. The lowest BCUT2D eigenvalue weighted by Crippen LogP contribution is -2.33. The van der Waals surface area contributed by atoms with E-state index in [9.17, 15) is 0 Å². The van der Waals surface area contributed by atoms with Gasteiger partial charge in [-0.3, -0.25) is 0 Å². The minimum Gasteiger partial charge on any atom is -0.379 e. The summed E-state index contributed by atoms with van der Waals surface area (Å²) in [6, 6.07) is 0.168. The first-order valence-corrected chi connectivity index (χ1v) is 6.49. The Bertz CT molecular complexity index is 311. The summed E-state index contributed by atoms with van der Waals surface area (Å²) in [4.78, 5) is 4.48. The second kappa shape index (κ2) is 7.45. The van der Waals surface area contributed by atoms with Gasteiger partial charge in [-0.15, -0.1) is 0 Å². The molecule has 0 amide bonds. The second-order valence-corrected chi connectivity index (χ2v) is 4.31. The van der Waals surface area contributed by atoms with Gasteiger partial charge in [-0.2, -0.15) is 0 Å². The molecule has 98 valence electrons. The first kappa shape index (κ1) is 14.2. The van der Waals surface area contributed by atoms with Crippen molar-refractivity contribution >= 4 is 0 Å². The van der Waals surface area contributed by atoms with E-state index in [0.29, 0.717) is 0 Å². The van der Waals surface area contributed by atoms with Crippen LogP contribution in [0.4, 0.5) is 0 Å². The number of aromatic nitrogens is 2. The van der Waals surface area contributed by atoms with Crippen molar-refractivity contribution in [3.63, 3.8) is 0 Å². The number of likely N-dealkylation sites (N-methyl/N-ethyl adjacent to an activating group) is 1. The Labute approximate surface area is 104 Å². The van der Waals surface area contributed by atoms with Gasteiger partial charge < -0.3 is 14.6 Å². The van der Waals surface area contributed by atoms with Crippen LogP contribution in [0.3, 0.4) is 0 Å². The van der Waals surface area contributed by atoms with Crippen LogP contribution in [0.25, 0.3) is 0 Å². The fourth-order valence-corrected chi connectivity index (χ4v) is 2.22. The first-order chi connectivity index (χ1) is 8.28. The number of hydrogen-bond acceptors (Lipinski definition) is 3. The summed E-state index contributed by atoms with van der Waals surface area (Å²) in [6.07, 6.45) is 7.37. The highest BCUT2D eigenvalue weighted by Crippen LogP contribution is 2.21. The van der Waals surface area contributed by atoms with Gasteiger partial charge in [-0.05, 0) is 19.9 Å². The third-order valence-electron chi connectivity index (χ3n) is 3.05. The Morgan fingerprint density at radius 1 is 1.41 bits per heavy atom. The molecule has 0 radical (unpaired) electrons. The summed E-state index contributed by atoms with van der Waals surface area (Å²) in [6.45, 7) is 5.37. The Balaban J connectivity index is 2.86. The van der Waals surface area contributed by atoms with Crippen molar-refractivity contribution in [2.75, 3.05) is 14.2 Å². The molecule has 17 heavy (non-hydrogen) atoms. The Morgan fingerprint density at radius 2 is 2.18 bits per heavy atom. The van der Waals surface area contributed by atoms with Gasteiger partial charge in [0.05, 0.1) is 12.1 Å². The normalized spacial score (nSPS) is 14.8. The van der Waals surface area contributed by atoms with Crippen molar-refractivity contribution in [1.29, 1.82) is 0 Å². The molecule has 4 nitrogen and oxygen atoms in total. The van der Waals surface area contributed by atoms with Gasteiger partial charge in [0.1, 0.15) is 5.82 Å². The third-order valence-corrected chi connectivity index (χ3v) is 3.05. The summed E-state index contributed by atoms with van der Waals surface area (Å²) in [7, 11) is 3.75. The van der Waals surface area contributed by atoms with Gasteiger partial charge in [0.2, 0.25) is 0 Å². The van der Waals surface area contributed by atoms with Crippen LogP contribution in [0.15, 0.2) is 12.4 Å². The molecule has 0 fully saturated rings. The van der Waals surface area contributed by atoms with Crippen LogP contribution in [-0.2, 0) is 11.3 Å². The lowest BCUT2D eigenvalue weighted by molar-refractivity contribution is 0.0592. The van der Waals surface area contributed by atoms with Gasteiger partial charge in [0, 0.05) is 26.0 Å². The van der Waals surface area contributed by atoms with E-state index in [1.807, 2.05) is 19.4 Å². The number of methoxy groups -OCH3 is 1. The lowest BCUT2D eigenvalue weighted by Gasteiger charge is -2.25. The van der Waals surface area contributed by atoms with Crippen LogP contribution < -0.4 is 5.32 Å². The zero-order valence-electron chi connectivity index (χ0n) is 11.4. The maximum Gasteiger partial charge on any atom is 0.128 e. The molecule has 0 spiro atoms. The first-order valence-electron chi connectivity index (χ1n) is 6.49. The van der Waals surface area contributed by atoms with Gasteiger partial charge in [-0.1, -0.05) is 20.3 Å². The van der Waals surface area contributed by atoms with Gasteiger partial charge >= 0.3 is 0 Å². The molecule has 0 aliphatic carbocycles. The van der Waals surface area contributed by atoms with E-state index in [-0.39, 0.29) is 12.1 Å². The molecule has 2 atom stereocenters. The molecule has 4 heteroatoms. The van der Waals surface area contributed by atoms with Crippen molar-refractivity contribution in [2.24, 2.45) is 0 Å². The van der Waals surface area contributed by atoms with Crippen molar-refractivity contribution in [3.8, 4) is 0 Å². The summed E-state index contributed by atoms with van der Waals surface area (Å²) in [5, 5.41) is 3.33. The molecule has 0 saturated carbocycles. The van der Waals surface area contributed by atoms with E-state index in [1.54, 1.807) is 7.11 Å². The average molecular weight is 239 g/mol. The molecule has 0 aromatic carbocycles. The maximum atomic E-state index is 5.58. The van der Waals surface area contributed by atoms with E-state index in [4.69, 9.17) is 4.74 Å². The minimum atomic E-state index is 0.168. The molecule has 2 unspecified atom stereocenters. The van der Waals surface area contributed by atoms with Crippen LogP contribution in [0, 0.1) is 0 Å². The monoisotopic (exact) mass is 239 g/mol. The number of ether oxygens (including phenoxy) is 1. The number of nitrogens with zero attached hydrogens (tertiary/aromatic N) is 2. The van der Waals surface area contributed by atoms with Crippen LogP contribution >= 0.6 is 0 Å². The van der Waals surface area contributed by atoms with Crippen LogP contribution in [0.2, 0.25) is 0 Å². The fraction of sp³-hybridized carbons (Fsp3) is 0.769. The summed E-state index contributed by atoms with van der Waals surface area (Å²) >= 11 is 0. The molecule has 1 N–H and O–H groups in total. The Morgan fingerprint density at radius 3 is 2.71 bits per heavy atom. The van der Waals surface area contributed by atoms with E-state index in [2.05, 4.69) is 28.7 Å². The van der Waals surface area contributed by atoms with E-state index in [0.717, 1.165) is 31.6 Å². The number of nitrogens with one attached hydrogen (secondary N) is 1. The van der Waals surface area contributed by atoms with Gasteiger partial charge in [0.15, 0.2) is 0 Å². The van der Waals surface area contributed by atoms with Gasteiger partial charge in [-0.25, -0.2) is 4.98 Å². The lowest BCUT2D eigenvalue weighted by atomic mass is 10.1. The van der Waals surface area contributed by atoms with Crippen molar-refractivity contribution in [2.45, 2.75) is 51.8 Å². The number of imidazole rings is 1. The maximum absolute atomic E-state index is 5.58. The summed E-state index contributed by atoms with van der Waals surface area (Å²) in [5.41, 5.74) is 0. The number of hydrogen-bond donors (Lipinski definition) is 1. The molecular formula is C13H25N3O. The second-order valence-electron chi connectivity index (χ2n) is 4.31. The molecule has 0 aliphatic rings. The molecular weight excluding hydrogens is 214 g/mol. The number of aryl methyl sites for hydroxylation is 1. The molecule has 0 saturated heterocycles. The zero-order valence-corrected chi connectivity index (χ0v) is 11.4. The fourth-order valence-electron chi connectivity index (χ4n) is 2.22. The third kappa shape index (κ3) is 3.54. The SMILES string of the molecule is CCCC(OC)C(NC)c1nccn1CCC. The Hall–Kier alpha value is -0.870. The predicted molar refractivity (Wildman–Crippen MR) is 70.0 cm³/mol. The van der Waals surface area contributed by atoms with Gasteiger partial charge in [0.25, 0.3) is 0 Å². The predicted octanol–water partition coefficient (Wildman–Crippen LogP) is 2.37. The largest absolute Gasteiger partial charge is 0.379 e. The molecule has 1 heterocycles. The van der Waals surface area contributed by atoms with Crippen LogP contribution in [0.1, 0.15) is 45.0 Å². The van der Waals surface area contributed by atoms with E-state index < -0.39 is 0 Å². The van der Waals surface area contributed by atoms with Crippen molar-refractivity contribution in [1.82, 2.24) is 14.9 Å². The smallest absolute Gasteiger partial charge is 0.128 e. The standard InChI is InChI=1S/C13H25N3O/c1-5-7-11(17-4)12(14-3)13-15-8-10-16(13)9-6-2/h8,10-12,14H,5-7,9H2,1-4H3. The van der Waals surface area contributed by atoms with Crippen LogP contribution in [0.5, 0.6) is 0 Å². The highest BCUT2D eigenvalue weighted by Gasteiger charge is 2.24.